The molecule has 26 heavy (non-hydrogen) atoms. The second-order valence-corrected chi connectivity index (χ2v) is 5.93. The number of piperazine rings is 1. The zero-order valence-electron chi connectivity index (χ0n) is 14.8. The van der Waals surface area contributed by atoms with Crippen LogP contribution >= 0.6 is 0 Å². The van der Waals surface area contributed by atoms with Crippen molar-refractivity contribution in [2.75, 3.05) is 39.9 Å². The number of benzene rings is 1. The van der Waals surface area contributed by atoms with Crippen LogP contribution in [0, 0.1) is 0 Å². The van der Waals surface area contributed by atoms with Crippen LogP contribution in [-0.2, 0) is 14.4 Å². The lowest BCUT2D eigenvalue weighted by Gasteiger charge is -2.34. The molecule has 0 atom stereocenters. The number of hydrogen-bond donors (Lipinski definition) is 1. The van der Waals surface area contributed by atoms with Crippen LogP contribution in [-0.4, -0.2) is 72.6 Å². The molecule has 2 amide bonds. The topological polar surface area (TPSA) is 96.4 Å². The third kappa shape index (κ3) is 5.94. The Labute approximate surface area is 152 Å². The highest BCUT2D eigenvalue weighted by Crippen LogP contribution is 2.19. The summed E-state index contributed by atoms with van der Waals surface area (Å²) in [5.41, 5.74) is 0. The van der Waals surface area contributed by atoms with Gasteiger partial charge in [-0.25, -0.2) is 0 Å². The van der Waals surface area contributed by atoms with E-state index in [0.717, 1.165) is 0 Å². The molecule has 1 heterocycles. The quantitative estimate of drug-likeness (QED) is 0.739. The van der Waals surface area contributed by atoms with E-state index in [9.17, 15) is 14.4 Å². The molecule has 1 fully saturated rings. The molecule has 0 aromatic heterocycles. The number of nitrogens with zero attached hydrogens (tertiary/aromatic N) is 2. The molecular weight excluding hydrogens is 340 g/mol. The zero-order valence-corrected chi connectivity index (χ0v) is 14.8. The molecular formula is C18H24N2O6. The molecule has 1 saturated heterocycles. The van der Waals surface area contributed by atoms with Crippen LogP contribution in [0.1, 0.15) is 19.3 Å². The van der Waals surface area contributed by atoms with E-state index >= 15 is 0 Å². The lowest BCUT2D eigenvalue weighted by molar-refractivity contribution is -0.143. The summed E-state index contributed by atoms with van der Waals surface area (Å²) in [5, 5.41) is 8.63. The van der Waals surface area contributed by atoms with E-state index in [1.54, 1.807) is 29.0 Å². The van der Waals surface area contributed by atoms with Crippen LogP contribution in [0.3, 0.4) is 0 Å². The van der Waals surface area contributed by atoms with Crippen molar-refractivity contribution in [3.05, 3.63) is 24.3 Å². The molecule has 1 aromatic carbocycles. The zero-order chi connectivity index (χ0) is 18.9. The van der Waals surface area contributed by atoms with Crippen LogP contribution in [0.15, 0.2) is 24.3 Å². The fourth-order valence-corrected chi connectivity index (χ4v) is 2.68. The van der Waals surface area contributed by atoms with Gasteiger partial charge >= 0.3 is 5.97 Å². The van der Waals surface area contributed by atoms with Crippen LogP contribution < -0.4 is 9.47 Å². The summed E-state index contributed by atoms with van der Waals surface area (Å²) >= 11 is 0. The average Bonchev–Trinajstić information content (AvgIpc) is 2.66. The number of hydrogen-bond acceptors (Lipinski definition) is 5. The van der Waals surface area contributed by atoms with Gasteiger partial charge in [0.2, 0.25) is 11.8 Å². The molecule has 142 valence electrons. The SMILES string of the molecule is COc1cccc(OCCC(=O)N2CCN(C(=O)CCC(=O)O)CC2)c1. The summed E-state index contributed by atoms with van der Waals surface area (Å²) < 4.78 is 10.7. The molecule has 8 nitrogen and oxygen atoms in total. The summed E-state index contributed by atoms with van der Waals surface area (Å²) in [6.07, 6.45) is 0.0847. The Bertz CT molecular complexity index is 640. The summed E-state index contributed by atoms with van der Waals surface area (Å²) in [6, 6.07) is 7.19. The predicted molar refractivity (Wildman–Crippen MR) is 93.1 cm³/mol. The van der Waals surface area contributed by atoms with Crippen molar-refractivity contribution in [1.82, 2.24) is 9.80 Å². The maximum atomic E-state index is 12.2. The smallest absolute Gasteiger partial charge is 0.303 e. The van der Waals surface area contributed by atoms with Crippen LogP contribution in [0.4, 0.5) is 0 Å². The summed E-state index contributed by atoms with van der Waals surface area (Å²) in [5.74, 6) is 0.151. The van der Waals surface area contributed by atoms with Gasteiger partial charge < -0.3 is 24.4 Å². The number of amides is 2. The van der Waals surface area contributed by atoms with Gasteiger partial charge in [-0.05, 0) is 12.1 Å². The third-order valence-electron chi connectivity index (χ3n) is 4.16. The lowest BCUT2D eigenvalue weighted by Crippen LogP contribution is -2.50. The minimum atomic E-state index is -0.983. The molecule has 0 saturated carbocycles. The highest BCUT2D eigenvalue weighted by atomic mass is 16.5. The third-order valence-corrected chi connectivity index (χ3v) is 4.16. The Morgan fingerprint density at radius 3 is 2.12 bits per heavy atom. The van der Waals surface area contributed by atoms with Crippen molar-refractivity contribution < 1.29 is 29.0 Å². The number of ether oxygens (including phenoxy) is 2. The Kier molecular flexibility index (Phi) is 7.25. The van der Waals surface area contributed by atoms with Crippen molar-refractivity contribution in [2.45, 2.75) is 19.3 Å². The minimum absolute atomic E-state index is 0.00232. The van der Waals surface area contributed by atoms with Crippen LogP contribution in [0.2, 0.25) is 0 Å². The van der Waals surface area contributed by atoms with Gasteiger partial charge in [-0.15, -0.1) is 0 Å². The molecule has 1 aliphatic heterocycles. The van der Waals surface area contributed by atoms with Gasteiger partial charge in [-0.1, -0.05) is 6.07 Å². The van der Waals surface area contributed by atoms with Gasteiger partial charge in [0.25, 0.3) is 0 Å². The van der Waals surface area contributed by atoms with E-state index in [1.165, 1.54) is 0 Å². The van der Waals surface area contributed by atoms with Gasteiger partial charge in [0.15, 0.2) is 0 Å². The highest BCUT2D eigenvalue weighted by molar-refractivity contribution is 5.81. The maximum Gasteiger partial charge on any atom is 0.303 e. The molecule has 0 radical (unpaired) electrons. The van der Waals surface area contributed by atoms with Gasteiger partial charge in [-0.3, -0.25) is 14.4 Å². The van der Waals surface area contributed by atoms with Crippen molar-refractivity contribution in [1.29, 1.82) is 0 Å². The number of carbonyl (C=O) groups excluding carboxylic acids is 2. The monoisotopic (exact) mass is 364 g/mol. The maximum absolute atomic E-state index is 12.2. The van der Waals surface area contributed by atoms with E-state index in [2.05, 4.69) is 0 Å². The fraction of sp³-hybridized carbons (Fsp3) is 0.500. The standard InChI is InChI=1S/C18H24N2O6/c1-25-14-3-2-4-15(13-14)26-12-7-17(22)20-10-8-19(9-11-20)16(21)5-6-18(23)24/h2-4,13H,5-12H2,1H3,(H,23,24). The van der Waals surface area contributed by atoms with E-state index in [0.29, 0.717) is 37.7 Å². The van der Waals surface area contributed by atoms with E-state index < -0.39 is 5.97 Å². The highest BCUT2D eigenvalue weighted by Gasteiger charge is 2.24. The summed E-state index contributed by atoms with van der Waals surface area (Å²) in [6.45, 7) is 2.04. The van der Waals surface area contributed by atoms with E-state index in [1.807, 2.05) is 12.1 Å². The Balaban J connectivity index is 1.69. The minimum Gasteiger partial charge on any atom is -0.497 e. The van der Waals surface area contributed by atoms with Gasteiger partial charge in [0, 0.05) is 38.7 Å². The van der Waals surface area contributed by atoms with Crippen LogP contribution in [0.25, 0.3) is 0 Å². The molecule has 1 N–H and O–H groups in total. The number of rotatable bonds is 8. The van der Waals surface area contributed by atoms with E-state index in [4.69, 9.17) is 14.6 Å². The van der Waals surface area contributed by atoms with Gasteiger partial charge in [0.1, 0.15) is 11.5 Å². The molecule has 2 rings (SSSR count). The number of carboxylic acids is 1. The number of aliphatic carboxylic acids is 1. The van der Waals surface area contributed by atoms with Crippen LogP contribution in [0.5, 0.6) is 11.5 Å². The van der Waals surface area contributed by atoms with Crippen molar-refractivity contribution in [3.8, 4) is 11.5 Å². The Morgan fingerprint density at radius 2 is 1.54 bits per heavy atom. The van der Waals surface area contributed by atoms with Gasteiger partial charge in [0.05, 0.1) is 26.6 Å². The van der Waals surface area contributed by atoms with Crippen molar-refractivity contribution in [2.24, 2.45) is 0 Å². The molecule has 0 bridgehead atoms. The largest absolute Gasteiger partial charge is 0.497 e. The number of carbonyl (C=O) groups is 3. The second-order valence-electron chi connectivity index (χ2n) is 5.93. The molecule has 1 aromatic rings. The first-order valence-electron chi connectivity index (χ1n) is 8.54. The Morgan fingerprint density at radius 1 is 0.962 bits per heavy atom. The molecule has 0 unspecified atom stereocenters. The molecule has 1 aliphatic rings. The average molecular weight is 364 g/mol. The molecule has 0 aliphatic carbocycles. The first kappa shape index (κ1) is 19.6. The number of carboxylic acid groups (broad SMARTS) is 1. The normalized spacial score (nSPS) is 14.0. The summed E-state index contributed by atoms with van der Waals surface area (Å²) in [4.78, 5) is 38.0. The predicted octanol–water partition coefficient (Wildman–Crippen LogP) is 1.000. The molecule has 0 spiro atoms. The first-order valence-corrected chi connectivity index (χ1v) is 8.54. The van der Waals surface area contributed by atoms with Crippen molar-refractivity contribution >= 4 is 17.8 Å². The van der Waals surface area contributed by atoms with E-state index in [-0.39, 0.29) is 37.7 Å². The fourth-order valence-electron chi connectivity index (χ4n) is 2.68. The summed E-state index contributed by atoms with van der Waals surface area (Å²) in [7, 11) is 1.58. The first-order chi connectivity index (χ1) is 12.5. The number of methoxy groups -OCH3 is 1. The molecule has 8 heteroatoms. The second kappa shape index (κ2) is 9.65. The van der Waals surface area contributed by atoms with Crippen molar-refractivity contribution in [3.63, 3.8) is 0 Å². The Hall–Kier alpha value is -2.77. The van der Waals surface area contributed by atoms with Gasteiger partial charge in [-0.2, -0.15) is 0 Å². The lowest BCUT2D eigenvalue weighted by atomic mass is 10.2.